The Morgan fingerprint density at radius 2 is 2.10 bits per heavy atom. The SMILES string of the molecule is NC[C@@H]1CNc2cccc(-c3c(F)cccc3Cl)c2O1. The number of para-hydroxylation sites is 1. The van der Waals surface area contributed by atoms with Crippen molar-refractivity contribution < 1.29 is 9.13 Å². The molecule has 0 amide bonds. The molecule has 20 heavy (non-hydrogen) atoms. The van der Waals surface area contributed by atoms with Crippen molar-refractivity contribution in [2.45, 2.75) is 6.10 Å². The van der Waals surface area contributed by atoms with E-state index in [0.717, 1.165) is 5.69 Å². The third-order valence-electron chi connectivity index (χ3n) is 3.31. The maximum absolute atomic E-state index is 14.1. The number of hydrogen-bond acceptors (Lipinski definition) is 3. The fourth-order valence-corrected chi connectivity index (χ4v) is 2.58. The molecule has 1 atom stereocenters. The van der Waals surface area contributed by atoms with Gasteiger partial charge in [-0.15, -0.1) is 0 Å². The minimum atomic E-state index is -0.371. The van der Waals surface area contributed by atoms with Crippen molar-refractivity contribution in [3.63, 3.8) is 0 Å². The number of nitrogens with two attached hydrogens (primary N) is 1. The van der Waals surface area contributed by atoms with E-state index >= 15 is 0 Å². The zero-order valence-corrected chi connectivity index (χ0v) is 11.5. The summed E-state index contributed by atoms with van der Waals surface area (Å²) in [5.41, 5.74) is 7.46. The van der Waals surface area contributed by atoms with Gasteiger partial charge in [-0.2, -0.15) is 0 Å². The molecule has 0 saturated heterocycles. The van der Waals surface area contributed by atoms with Gasteiger partial charge in [-0.25, -0.2) is 4.39 Å². The summed E-state index contributed by atoms with van der Waals surface area (Å²) < 4.78 is 20.0. The topological polar surface area (TPSA) is 47.3 Å². The zero-order chi connectivity index (χ0) is 14.1. The van der Waals surface area contributed by atoms with E-state index in [2.05, 4.69) is 5.32 Å². The fraction of sp³-hybridized carbons (Fsp3) is 0.200. The van der Waals surface area contributed by atoms with E-state index in [1.165, 1.54) is 6.07 Å². The largest absolute Gasteiger partial charge is 0.484 e. The number of rotatable bonds is 2. The van der Waals surface area contributed by atoms with Crippen LogP contribution < -0.4 is 15.8 Å². The molecule has 0 unspecified atom stereocenters. The Kier molecular flexibility index (Phi) is 3.51. The van der Waals surface area contributed by atoms with Crippen molar-refractivity contribution in [1.82, 2.24) is 0 Å². The minimum absolute atomic E-state index is 0.130. The van der Waals surface area contributed by atoms with E-state index in [1.807, 2.05) is 12.1 Å². The van der Waals surface area contributed by atoms with Gasteiger partial charge < -0.3 is 15.8 Å². The fourth-order valence-electron chi connectivity index (χ4n) is 2.32. The number of hydrogen-bond donors (Lipinski definition) is 2. The molecule has 3 nitrogen and oxygen atoms in total. The molecule has 104 valence electrons. The first kappa shape index (κ1) is 13.2. The molecule has 3 rings (SSSR count). The monoisotopic (exact) mass is 292 g/mol. The lowest BCUT2D eigenvalue weighted by Gasteiger charge is -2.28. The van der Waals surface area contributed by atoms with Crippen molar-refractivity contribution >= 4 is 17.3 Å². The lowest BCUT2D eigenvalue weighted by atomic mass is 10.0. The molecule has 0 saturated carbocycles. The van der Waals surface area contributed by atoms with Crippen LogP contribution in [0.1, 0.15) is 0 Å². The summed E-state index contributed by atoms with van der Waals surface area (Å²) in [6.45, 7) is 1.03. The molecule has 0 aromatic heterocycles. The Morgan fingerprint density at radius 1 is 1.30 bits per heavy atom. The number of anilines is 1. The second kappa shape index (κ2) is 5.31. The van der Waals surface area contributed by atoms with Crippen LogP contribution in [0.2, 0.25) is 5.02 Å². The molecule has 1 aliphatic rings. The van der Waals surface area contributed by atoms with Crippen LogP contribution in [-0.4, -0.2) is 19.2 Å². The lowest BCUT2D eigenvalue weighted by Crippen LogP contribution is -2.37. The van der Waals surface area contributed by atoms with E-state index in [-0.39, 0.29) is 11.9 Å². The van der Waals surface area contributed by atoms with Gasteiger partial charge in [0.15, 0.2) is 5.75 Å². The van der Waals surface area contributed by atoms with Crippen molar-refractivity contribution in [2.75, 3.05) is 18.4 Å². The summed E-state index contributed by atoms with van der Waals surface area (Å²) in [7, 11) is 0. The molecule has 1 heterocycles. The summed E-state index contributed by atoms with van der Waals surface area (Å²) in [6.07, 6.45) is -0.130. The molecule has 0 radical (unpaired) electrons. The van der Waals surface area contributed by atoms with Crippen molar-refractivity contribution in [3.8, 4) is 16.9 Å². The first-order valence-electron chi connectivity index (χ1n) is 6.38. The van der Waals surface area contributed by atoms with Crippen LogP contribution in [0.25, 0.3) is 11.1 Å². The molecule has 2 aromatic carbocycles. The highest BCUT2D eigenvalue weighted by atomic mass is 35.5. The minimum Gasteiger partial charge on any atom is -0.484 e. The third-order valence-corrected chi connectivity index (χ3v) is 3.63. The summed E-state index contributed by atoms with van der Waals surface area (Å²) in [5, 5.41) is 3.60. The maximum atomic E-state index is 14.1. The number of halogens is 2. The van der Waals surface area contributed by atoms with Crippen molar-refractivity contribution in [2.24, 2.45) is 5.73 Å². The van der Waals surface area contributed by atoms with Crippen molar-refractivity contribution in [3.05, 3.63) is 47.2 Å². The van der Waals surface area contributed by atoms with Crippen molar-refractivity contribution in [1.29, 1.82) is 0 Å². The lowest BCUT2D eigenvalue weighted by molar-refractivity contribution is 0.215. The molecule has 0 bridgehead atoms. The van der Waals surface area contributed by atoms with Gasteiger partial charge in [-0.3, -0.25) is 0 Å². The average Bonchev–Trinajstić information content (AvgIpc) is 2.47. The van der Waals surface area contributed by atoms with Gasteiger partial charge >= 0.3 is 0 Å². The molecule has 0 spiro atoms. The van der Waals surface area contributed by atoms with E-state index in [1.54, 1.807) is 18.2 Å². The van der Waals surface area contributed by atoms with E-state index in [4.69, 9.17) is 22.1 Å². The molecule has 0 fully saturated rings. The highest BCUT2D eigenvalue weighted by Crippen LogP contribution is 2.42. The number of benzene rings is 2. The standard InChI is InChI=1S/C15H14ClFN2O/c16-11-4-2-5-12(17)14(11)10-3-1-6-13-15(10)20-9(7-18)8-19-13/h1-6,9,19H,7-8,18H2/t9-/m1/s1. The van der Waals surface area contributed by atoms with Gasteiger partial charge in [-0.1, -0.05) is 29.8 Å². The van der Waals surface area contributed by atoms with E-state index in [0.29, 0.717) is 35.0 Å². The summed E-state index contributed by atoms with van der Waals surface area (Å²) in [5.74, 6) is 0.227. The molecule has 2 aromatic rings. The Hall–Kier alpha value is -1.78. The first-order valence-corrected chi connectivity index (χ1v) is 6.76. The van der Waals surface area contributed by atoms with Gasteiger partial charge in [0.1, 0.15) is 11.9 Å². The second-order valence-corrected chi connectivity index (χ2v) is 5.04. The molecular weight excluding hydrogens is 279 g/mol. The molecular formula is C15H14ClFN2O. The normalized spacial score (nSPS) is 17.1. The third kappa shape index (κ3) is 2.21. The van der Waals surface area contributed by atoms with Gasteiger partial charge in [0, 0.05) is 17.7 Å². The van der Waals surface area contributed by atoms with Crippen LogP contribution >= 0.6 is 11.6 Å². The van der Waals surface area contributed by atoms with Gasteiger partial charge in [0.05, 0.1) is 17.3 Å². The van der Waals surface area contributed by atoms with E-state index in [9.17, 15) is 4.39 Å². The Bertz CT molecular complexity index is 628. The number of ether oxygens (including phenoxy) is 1. The molecule has 0 aliphatic carbocycles. The number of fused-ring (bicyclic) bond motifs is 1. The zero-order valence-electron chi connectivity index (χ0n) is 10.7. The Morgan fingerprint density at radius 3 is 2.85 bits per heavy atom. The summed E-state index contributed by atoms with van der Waals surface area (Å²) >= 11 is 6.14. The molecule has 5 heteroatoms. The predicted octanol–water partition coefficient (Wildman–Crippen LogP) is 3.28. The quantitative estimate of drug-likeness (QED) is 0.893. The van der Waals surface area contributed by atoms with Crippen LogP contribution in [0.3, 0.4) is 0 Å². The average molecular weight is 293 g/mol. The Labute approximate surface area is 121 Å². The van der Waals surface area contributed by atoms with Crippen LogP contribution in [0, 0.1) is 5.82 Å². The van der Waals surface area contributed by atoms with Gasteiger partial charge in [0.25, 0.3) is 0 Å². The summed E-state index contributed by atoms with van der Waals surface area (Å²) in [6, 6.07) is 10.2. The maximum Gasteiger partial charge on any atom is 0.150 e. The van der Waals surface area contributed by atoms with Crippen LogP contribution in [0.4, 0.5) is 10.1 Å². The first-order chi connectivity index (χ1) is 9.70. The van der Waals surface area contributed by atoms with Crippen LogP contribution in [0.5, 0.6) is 5.75 Å². The van der Waals surface area contributed by atoms with E-state index < -0.39 is 0 Å². The Balaban J connectivity index is 2.16. The number of nitrogens with one attached hydrogen (secondary N) is 1. The highest BCUT2D eigenvalue weighted by Gasteiger charge is 2.23. The van der Waals surface area contributed by atoms with Gasteiger partial charge in [0.2, 0.25) is 0 Å². The molecule has 3 N–H and O–H groups in total. The second-order valence-electron chi connectivity index (χ2n) is 4.64. The van der Waals surface area contributed by atoms with Crippen LogP contribution in [0.15, 0.2) is 36.4 Å². The van der Waals surface area contributed by atoms with Gasteiger partial charge in [-0.05, 0) is 18.2 Å². The predicted molar refractivity (Wildman–Crippen MR) is 78.8 cm³/mol. The highest BCUT2D eigenvalue weighted by molar-refractivity contribution is 6.33. The smallest absolute Gasteiger partial charge is 0.150 e. The van der Waals surface area contributed by atoms with Crippen LogP contribution in [-0.2, 0) is 0 Å². The summed E-state index contributed by atoms with van der Waals surface area (Å²) in [4.78, 5) is 0. The molecule has 1 aliphatic heterocycles.